The Labute approximate surface area is 166 Å². The fraction of sp³-hybridized carbons (Fsp3) is 0. The summed E-state index contributed by atoms with van der Waals surface area (Å²) in [4.78, 5) is 22.7. The van der Waals surface area contributed by atoms with Crippen molar-refractivity contribution < 1.29 is 9.84 Å². The number of nitrogens with zero attached hydrogens (tertiary/aromatic N) is 2. The molecule has 2 aromatic carbocycles. The number of aliphatic imine (C=N–C) groups is 1. The number of hydrogen-bond donors (Lipinski definition) is 1. The average molecular weight is 382 g/mol. The van der Waals surface area contributed by atoms with Gasteiger partial charge in [-0.2, -0.15) is 0 Å². The SMILES string of the molecule is O=c1[nH]cc(-c2ccncc2)cc1C([O-])=Nc1ccc(Oc2ccccc2)cc1. The highest BCUT2D eigenvalue weighted by atomic mass is 16.5. The number of para-hydroxylation sites is 1. The second-order valence-electron chi connectivity index (χ2n) is 6.19. The molecule has 0 unspecified atom stereocenters. The van der Waals surface area contributed by atoms with Crippen molar-refractivity contribution in [3.63, 3.8) is 0 Å². The van der Waals surface area contributed by atoms with Gasteiger partial charge in [0.2, 0.25) is 0 Å². The molecule has 0 aliphatic carbocycles. The van der Waals surface area contributed by atoms with Gasteiger partial charge in [-0.3, -0.25) is 14.8 Å². The number of aromatic nitrogens is 2. The minimum Gasteiger partial charge on any atom is -0.858 e. The predicted molar refractivity (Wildman–Crippen MR) is 109 cm³/mol. The van der Waals surface area contributed by atoms with E-state index >= 15 is 0 Å². The molecule has 29 heavy (non-hydrogen) atoms. The monoisotopic (exact) mass is 382 g/mol. The highest BCUT2D eigenvalue weighted by Gasteiger charge is 2.05. The van der Waals surface area contributed by atoms with Crippen molar-refractivity contribution in [3.05, 3.63) is 107 Å². The molecule has 6 nitrogen and oxygen atoms in total. The molecule has 0 spiro atoms. The van der Waals surface area contributed by atoms with Crippen LogP contribution in [-0.4, -0.2) is 15.9 Å². The van der Waals surface area contributed by atoms with E-state index in [1.807, 2.05) is 30.3 Å². The van der Waals surface area contributed by atoms with E-state index in [2.05, 4.69) is 15.0 Å². The molecule has 4 aromatic rings. The molecule has 0 atom stereocenters. The first-order valence-corrected chi connectivity index (χ1v) is 8.91. The summed E-state index contributed by atoms with van der Waals surface area (Å²) in [5.41, 5.74) is 1.47. The van der Waals surface area contributed by atoms with Crippen LogP contribution in [0.4, 0.5) is 5.69 Å². The summed E-state index contributed by atoms with van der Waals surface area (Å²) in [7, 11) is 0. The van der Waals surface area contributed by atoms with Gasteiger partial charge >= 0.3 is 0 Å². The number of rotatable bonds is 5. The Morgan fingerprint density at radius 3 is 2.31 bits per heavy atom. The molecule has 0 radical (unpaired) electrons. The summed E-state index contributed by atoms with van der Waals surface area (Å²) in [6, 6.07) is 21.3. The lowest BCUT2D eigenvalue weighted by Gasteiger charge is -2.12. The Bertz CT molecular complexity index is 1190. The number of nitrogens with one attached hydrogen (secondary N) is 1. The zero-order chi connectivity index (χ0) is 20.1. The van der Waals surface area contributed by atoms with Gasteiger partial charge in [-0.15, -0.1) is 0 Å². The van der Waals surface area contributed by atoms with Crippen LogP contribution in [0.25, 0.3) is 11.1 Å². The van der Waals surface area contributed by atoms with Crippen LogP contribution in [0, 0.1) is 0 Å². The number of hydrogen-bond acceptors (Lipinski definition) is 5. The van der Waals surface area contributed by atoms with Gasteiger partial charge in [0.05, 0.1) is 11.3 Å². The Hall–Kier alpha value is -4.19. The quantitative estimate of drug-likeness (QED) is 0.421. The van der Waals surface area contributed by atoms with Gasteiger partial charge < -0.3 is 14.8 Å². The smallest absolute Gasteiger partial charge is 0.256 e. The number of ether oxygens (including phenoxy) is 1. The van der Waals surface area contributed by atoms with Crippen molar-refractivity contribution in [2.75, 3.05) is 0 Å². The lowest BCUT2D eigenvalue weighted by molar-refractivity contribution is -0.212. The normalized spacial score (nSPS) is 11.2. The third kappa shape index (κ3) is 4.39. The van der Waals surface area contributed by atoms with Gasteiger partial charge in [0.15, 0.2) is 0 Å². The van der Waals surface area contributed by atoms with Gasteiger partial charge in [-0.25, -0.2) is 0 Å². The molecule has 0 aliphatic heterocycles. The van der Waals surface area contributed by atoms with E-state index in [-0.39, 0.29) is 5.56 Å². The summed E-state index contributed by atoms with van der Waals surface area (Å²) in [6.07, 6.45) is 4.85. The molecule has 0 fully saturated rings. The van der Waals surface area contributed by atoms with E-state index in [1.54, 1.807) is 55.0 Å². The molecule has 142 valence electrons. The van der Waals surface area contributed by atoms with Crippen LogP contribution in [0.5, 0.6) is 11.5 Å². The van der Waals surface area contributed by atoms with E-state index in [9.17, 15) is 9.90 Å². The molecule has 0 saturated carbocycles. The third-order valence-electron chi connectivity index (χ3n) is 4.19. The van der Waals surface area contributed by atoms with Crippen LogP contribution in [-0.2, 0) is 0 Å². The van der Waals surface area contributed by atoms with Crippen LogP contribution < -0.4 is 15.4 Å². The topological polar surface area (TPSA) is 90.4 Å². The van der Waals surface area contributed by atoms with Crippen LogP contribution in [0.2, 0.25) is 0 Å². The number of aromatic amines is 1. The Morgan fingerprint density at radius 2 is 1.59 bits per heavy atom. The van der Waals surface area contributed by atoms with Gasteiger partial charge in [0, 0.05) is 24.5 Å². The lowest BCUT2D eigenvalue weighted by Crippen LogP contribution is -2.27. The van der Waals surface area contributed by atoms with Crippen LogP contribution in [0.15, 0.2) is 101 Å². The summed E-state index contributed by atoms with van der Waals surface area (Å²) < 4.78 is 5.72. The third-order valence-corrected chi connectivity index (χ3v) is 4.19. The van der Waals surface area contributed by atoms with Gasteiger partial charge in [0.1, 0.15) is 11.5 Å². The maximum absolute atomic E-state index is 12.6. The fourth-order valence-electron chi connectivity index (χ4n) is 2.74. The van der Waals surface area contributed by atoms with Gasteiger partial charge in [0.25, 0.3) is 5.56 Å². The second kappa shape index (κ2) is 8.22. The minimum absolute atomic E-state index is 0.0241. The van der Waals surface area contributed by atoms with E-state index in [1.165, 1.54) is 6.07 Å². The molecule has 0 amide bonds. The maximum Gasteiger partial charge on any atom is 0.256 e. The molecule has 2 heterocycles. The first-order chi connectivity index (χ1) is 14.2. The summed E-state index contributed by atoms with van der Waals surface area (Å²) in [5, 5.41) is 12.6. The number of H-pyrrole nitrogens is 1. The molecule has 1 N–H and O–H groups in total. The van der Waals surface area contributed by atoms with Gasteiger partial charge in [-0.1, -0.05) is 18.2 Å². The van der Waals surface area contributed by atoms with Crippen molar-refractivity contribution >= 4 is 11.6 Å². The molecule has 2 aromatic heterocycles. The second-order valence-corrected chi connectivity index (χ2v) is 6.19. The Morgan fingerprint density at radius 1 is 0.897 bits per heavy atom. The largest absolute Gasteiger partial charge is 0.858 e. The summed E-state index contributed by atoms with van der Waals surface area (Å²) in [6.45, 7) is 0. The Balaban J connectivity index is 1.58. The van der Waals surface area contributed by atoms with Crippen LogP contribution in [0.3, 0.4) is 0 Å². The molecule has 0 saturated heterocycles. The molecule has 6 heteroatoms. The summed E-state index contributed by atoms with van der Waals surface area (Å²) in [5.74, 6) is 0.728. The molecular weight excluding hydrogens is 366 g/mol. The molecule has 0 bridgehead atoms. The van der Waals surface area contributed by atoms with Crippen molar-refractivity contribution in [3.8, 4) is 22.6 Å². The average Bonchev–Trinajstić information content (AvgIpc) is 2.77. The number of benzene rings is 2. The minimum atomic E-state index is -0.612. The van der Waals surface area contributed by atoms with Crippen LogP contribution >= 0.6 is 0 Å². The van der Waals surface area contributed by atoms with E-state index in [0.29, 0.717) is 22.7 Å². The zero-order valence-corrected chi connectivity index (χ0v) is 15.3. The van der Waals surface area contributed by atoms with Crippen molar-refractivity contribution in [1.29, 1.82) is 0 Å². The van der Waals surface area contributed by atoms with E-state index in [0.717, 1.165) is 5.56 Å². The summed E-state index contributed by atoms with van der Waals surface area (Å²) >= 11 is 0. The van der Waals surface area contributed by atoms with Gasteiger partial charge in [-0.05, 0) is 65.7 Å². The zero-order valence-electron chi connectivity index (χ0n) is 15.3. The predicted octanol–water partition coefficient (Wildman–Crippen LogP) is 3.67. The molecular formula is C23H16N3O3-. The fourth-order valence-corrected chi connectivity index (χ4v) is 2.74. The highest BCUT2D eigenvalue weighted by Crippen LogP contribution is 2.24. The Kier molecular flexibility index (Phi) is 5.16. The van der Waals surface area contributed by atoms with Crippen LogP contribution in [0.1, 0.15) is 5.56 Å². The molecule has 0 aliphatic rings. The van der Waals surface area contributed by atoms with E-state index in [4.69, 9.17) is 4.74 Å². The first kappa shape index (κ1) is 18.2. The lowest BCUT2D eigenvalue weighted by atomic mass is 10.1. The standard InChI is InChI=1S/C23H17N3O3/c27-22-21(14-17(15-25-22)16-10-12-24-13-11-16)23(28)26-18-6-8-20(9-7-18)29-19-4-2-1-3-5-19/h1-15H,(H,25,27)(H,26,28)/p-1. The van der Waals surface area contributed by atoms with E-state index < -0.39 is 11.5 Å². The van der Waals surface area contributed by atoms with Crippen molar-refractivity contribution in [1.82, 2.24) is 9.97 Å². The maximum atomic E-state index is 12.6. The highest BCUT2D eigenvalue weighted by molar-refractivity contribution is 5.93. The van der Waals surface area contributed by atoms with Crippen molar-refractivity contribution in [2.24, 2.45) is 4.99 Å². The van der Waals surface area contributed by atoms with Crippen molar-refractivity contribution in [2.45, 2.75) is 0 Å². The molecule has 4 rings (SSSR count). The number of pyridine rings is 2. The first-order valence-electron chi connectivity index (χ1n) is 8.91.